The average Bonchev–Trinajstić information content (AvgIpc) is 2.04. The number of rotatable bonds is 1. The molecule has 0 aliphatic carbocycles. The van der Waals surface area contributed by atoms with Crippen molar-refractivity contribution in [3.05, 3.63) is 0 Å². The van der Waals surface area contributed by atoms with Crippen molar-refractivity contribution in [1.29, 1.82) is 0 Å². The molecule has 0 unspecified atom stereocenters. The second-order valence-electron chi connectivity index (χ2n) is 4.07. The van der Waals surface area contributed by atoms with Gasteiger partial charge in [-0.15, -0.1) is 0 Å². The number of hydrogen-bond acceptors (Lipinski definition) is 2. The lowest BCUT2D eigenvalue weighted by atomic mass is 9.74. The SMILES string of the molecule is O=C(O)C12CCCN(CCC1)C2. The molecule has 68 valence electrons. The van der Waals surface area contributed by atoms with Gasteiger partial charge in [-0.3, -0.25) is 4.79 Å². The quantitative estimate of drug-likeness (QED) is 0.635. The van der Waals surface area contributed by atoms with Crippen LogP contribution in [0, 0.1) is 5.41 Å². The van der Waals surface area contributed by atoms with E-state index in [1.165, 1.54) is 0 Å². The van der Waals surface area contributed by atoms with Gasteiger partial charge >= 0.3 is 5.97 Å². The summed E-state index contributed by atoms with van der Waals surface area (Å²) in [5.41, 5.74) is -0.378. The zero-order valence-corrected chi connectivity index (χ0v) is 7.25. The summed E-state index contributed by atoms with van der Waals surface area (Å²) in [5, 5.41) is 9.11. The zero-order chi connectivity index (χ0) is 8.60. The monoisotopic (exact) mass is 169 g/mol. The fourth-order valence-corrected chi connectivity index (χ4v) is 2.54. The lowest BCUT2D eigenvalue weighted by Crippen LogP contribution is -2.51. The molecule has 1 N–H and O–H groups in total. The van der Waals surface area contributed by atoms with Gasteiger partial charge in [-0.1, -0.05) is 0 Å². The normalized spacial score (nSPS) is 40.8. The van der Waals surface area contributed by atoms with Crippen molar-refractivity contribution in [2.24, 2.45) is 5.41 Å². The maximum absolute atomic E-state index is 11.1. The van der Waals surface area contributed by atoms with E-state index in [9.17, 15) is 4.79 Å². The minimum absolute atomic E-state index is 0.378. The standard InChI is InChI=1S/C9H15NO2/c11-8(12)9-3-1-5-10(7-9)6-2-4-9/h1-7H2,(H,11,12). The predicted octanol–water partition coefficient (Wildman–Crippen LogP) is 0.947. The molecule has 0 atom stereocenters. The Bertz CT molecular complexity index is 193. The van der Waals surface area contributed by atoms with E-state index in [2.05, 4.69) is 4.90 Å². The van der Waals surface area contributed by atoms with E-state index in [1.807, 2.05) is 0 Å². The van der Waals surface area contributed by atoms with Crippen molar-refractivity contribution in [2.45, 2.75) is 25.7 Å². The summed E-state index contributed by atoms with van der Waals surface area (Å²) >= 11 is 0. The highest BCUT2D eigenvalue weighted by Gasteiger charge is 2.44. The van der Waals surface area contributed by atoms with E-state index in [1.54, 1.807) is 0 Å². The molecule has 0 saturated carbocycles. The van der Waals surface area contributed by atoms with Crippen molar-refractivity contribution in [3.8, 4) is 0 Å². The van der Waals surface area contributed by atoms with Gasteiger partial charge in [0.2, 0.25) is 0 Å². The molecule has 0 aromatic carbocycles. The first-order valence-electron chi connectivity index (χ1n) is 4.69. The molecule has 2 aliphatic heterocycles. The number of fused-ring (bicyclic) bond motifs is 2. The number of aliphatic carboxylic acids is 1. The number of carboxylic acids is 1. The summed E-state index contributed by atoms with van der Waals surface area (Å²) < 4.78 is 0. The molecule has 2 saturated heterocycles. The Hall–Kier alpha value is -0.570. The maximum Gasteiger partial charge on any atom is 0.310 e. The van der Waals surface area contributed by atoms with Crippen LogP contribution >= 0.6 is 0 Å². The fraction of sp³-hybridized carbons (Fsp3) is 0.889. The minimum Gasteiger partial charge on any atom is -0.481 e. The topological polar surface area (TPSA) is 40.5 Å². The molecule has 0 aromatic rings. The Morgan fingerprint density at radius 2 is 1.83 bits per heavy atom. The van der Waals surface area contributed by atoms with Gasteiger partial charge in [0, 0.05) is 6.54 Å². The summed E-state index contributed by atoms with van der Waals surface area (Å²) in [7, 11) is 0. The summed E-state index contributed by atoms with van der Waals surface area (Å²) in [6, 6.07) is 0. The first-order chi connectivity index (χ1) is 5.73. The van der Waals surface area contributed by atoms with Gasteiger partial charge in [-0.05, 0) is 38.8 Å². The van der Waals surface area contributed by atoms with E-state index in [0.29, 0.717) is 0 Å². The van der Waals surface area contributed by atoms with Crippen LogP contribution in [0.2, 0.25) is 0 Å². The van der Waals surface area contributed by atoms with Gasteiger partial charge in [-0.2, -0.15) is 0 Å². The van der Waals surface area contributed by atoms with E-state index < -0.39 is 5.97 Å². The Balaban J connectivity index is 2.17. The highest BCUT2D eigenvalue weighted by atomic mass is 16.4. The third-order valence-electron chi connectivity index (χ3n) is 3.24. The number of carboxylic acid groups (broad SMARTS) is 1. The third-order valence-corrected chi connectivity index (χ3v) is 3.24. The van der Waals surface area contributed by atoms with Crippen LogP contribution in [0.5, 0.6) is 0 Å². The van der Waals surface area contributed by atoms with Crippen molar-refractivity contribution in [1.82, 2.24) is 4.90 Å². The molecule has 3 heteroatoms. The van der Waals surface area contributed by atoms with E-state index in [-0.39, 0.29) is 5.41 Å². The van der Waals surface area contributed by atoms with Gasteiger partial charge in [-0.25, -0.2) is 0 Å². The highest BCUT2D eigenvalue weighted by Crippen LogP contribution is 2.38. The lowest BCUT2D eigenvalue weighted by molar-refractivity contribution is -0.155. The Morgan fingerprint density at radius 3 is 2.25 bits per heavy atom. The van der Waals surface area contributed by atoms with Crippen molar-refractivity contribution in [3.63, 3.8) is 0 Å². The molecule has 0 radical (unpaired) electrons. The average molecular weight is 169 g/mol. The van der Waals surface area contributed by atoms with Crippen molar-refractivity contribution < 1.29 is 9.90 Å². The van der Waals surface area contributed by atoms with Gasteiger partial charge in [0.1, 0.15) is 0 Å². The third kappa shape index (κ3) is 1.12. The first kappa shape index (κ1) is 8.05. The number of carbonyl (C=O) groups is 1. The summed E-state index contributed by atoms with van der Waals surface area (Å²) in [6.45, 7) is 3.01. The molecule has 2 aliphatic rings. The Morgan fingerprint density at radius 1 is 1.25 bits per heavy atom. The molecule has 0 aromatic heterocycles. The van der Waals surface area contributed by atoms with Crippen molar-refractivity contribution in [2.75, 3.05) is 19.6 Å². The number of piperidine rings is 2. The highest BCUT2D eigenvalue weighted by molar-refractivity contribution is 5.75. The number of hydrogen-bond donors (Lipinski definition) is 1. The Labute approximate surface area is 72.4 Å². The molecule has 2 bridgehead atoms. The second kappa shape index (κ2) is 2.73. The summed E-state index contributed by atoms with van der Waals surface area (Å²) in [5.74, 6) is -0.577. The molecular weight excluding hydrogens is 154 g/mol. The van der Waals surface area contributed by atoms with E-state index in [0.717, 1.165) is 45.3 Å². The van der Waals surface area contributed by atoms with E-state index >= 15 is 0 Å². The van der Waals surface area contributed by atoms with Gasteiger partial charge in [0.15, 0.2) is 0 Å². The molecule has 2 heterocycles. The van der Waals surface area contributed by atoms with Crippen molar-refractivity contribution >= 4 is 5.97 Å². The summed E-state index contributed by atoms with van der Waals surface area (Å²) in [6.07, 6.45) is 3.90. The molecule has 12 heavy (non-hydrogen) atoms. The molecule has 2 rings (SSSR count). The largest absolute Gasteiger partial charge is 0.481 e. The van der Waals surface area contributed by atoms with Crippen LogP contribution in [0.15, 0.2) is 0 Å². The Kier molecular flexibility index (Phi) is 1.83. The van der Waals surface area contributed by atoms with Crippen LogP contribution in [0.3, 0.4) is 0 Å². The summed E-state index contributed by atoms with van der Waals surface area (Å²) in [4.78, 5) is 13.4. The van der Waals surface area contributed by atoms with Crippen LogP contribution in [0.25, 0.3) is 0 Å². The van der Waals surface area contributed by atoms with Gasteiger partial charge in [0.25, 0.3) is 0 Å². The maximum atomic E-state index is 11.1. The molecule has 0 spiro atoms. The molecule has 0 amide bonds. The second-order valence-corrected chi connectivity index (χ2v) is 4.07. The predicted molar refractivity (Wildman–Crippen MR) is 45.0 cm³/mol. The lowest BCUT2D eigenvalue weighted by Gasteiger charge is -2.44. The molecular formula is C9H15NO2. The van der Waals surface area contributed by atoms with Crippen LogP contribution in [0.1, 0.15) is 25.7 Å². The smallest absolute Gasteiger partial charge is 0.310 e. The minimum atomic E-state index is -0.577. The van der Waals surface area contributed by atoms with Crippen LogP contribution in [0.4, 0.5) is 0 Å². The van der Waals surface area contributed by atoms with Crippen LogP contribution in [-0.4, -0.2) is 35.6 Å². The van der Waals surface area contributed by atoms with E-state index in [4.69, 9.17) is 5.11 Å². The first-order valence-corrected chi connectivity index (χ1v) is 4.69. The van der Waals surface area contributed by atoms with Gasteiger partial charge in [0.05, 0.1) is 5.41 Å². The number of nitrogens with zero attached hydrogens (tertiary/aromatic N) is 1. The van der Waals surface area contributed by atoms with Gasteiger partial charge < -0.3 is 10.0 Å². The molecule has 3 nitrogen and oxygen atoms in total. The molecule has 2 fully saturated rings. The zero-order valence-electron chi connectivity index (χ0n) is 7.25. The van der Waals surface area contributed by atoms with Crippen LogP contribution in [-0.2, 0) is 4.79 Å². The van der Waals surface area contributed by atoms with Crippen LogP contribution < -0.4 is 0 Å². The fourth-order valence-electron chi connectivity index (χ4n) is 2.54.